The molecule has 0 aliphatic rings. The monoisotopic (exact) mass is 333 g/mol. The van der Waals surface area contributed by atoms with Gasteiger partial charge in [-0.3, -0.25) is 0 Å². The number of nitrogens with zero attached hydrogens (tertiary/aromatic N) is 1. The predicted octanol–water partition coefficient (Wildman–Crippen LogP) is 3.14. The van der Waals surface area contributed by atoms with Gasteiger partial charge < -0.3 is 4.98 Å². The summed E-state index contributed by atoms with van der Waals surface area (Å²) < 4.78 is 0.782. The summed E-state index contributed by atoms with van der Waals surface area (Å²) in [6.07, 6.45) is 4.19. The van der Waals surface area contributed by atoms with Crippen molar-refractivity contribution in [1.82, 2.24) is 4.98 Å². The molecule has 50 valence electrons. The van der Waals surface area contributed by atoms with E-state index >= 15 is 0 Å². The Morgan fingerprint density at radius 2 is 2.20 bits per heavy atom. The van der Waals surface area contributed by atoms with E-state index < -0.39 is 0 Å². The van der Waals surface area contributed by atoms with Crippen LogP contribution in [0.5, 0.6) is 0 Å². The molecule has 0 aliphatic heterocycles. The van der Waals surface area contributed by atoms with Crippen LogP contribution in [0.1, 0.15) is 0 Å². The molecule has 0 fully saturated rings. The van der Waals surface area contributed by atoms with Crippen LogP contribution in [-0.4, -0.2) is 4.98 Å². The van der Waals surface area contributed by atoms with Crippen molar-refractivity contribution in [2.24, 2.45) is 0 Å². The van der Waals surface area contributed by atoms with Crippen molar-refractivity contribution >= 4 is 41.2 Å². The van der Waals surface area contributed by atoms with Crippen LogP contribution in [0.4, 0.5) is 0 Å². The van der Waals surface area contributed by atoms with Gasteiger partial charge in [-0.2, -0.15) is 0 Å². The molecular formula is C5H2Br2ClNZn. The van der Waals surface area contributed by atoms with Crippen LogP contribution in [0.3, 0.4) is 0 Å². The van der Waals surface area contributed by atoms with E-state index in [0.29, 0.717) is 5.02 Å². The number of aromatic nitrogens is 1. The first kappa shape index (κ1) is 11.0. The third-order valence-electron chi connectivity index (χ3n) is 0.624. The molecule has 1 rings (SSSR count). The molecular weight excluding hydrogens is 335 g/mol. The van der Waals surface area contributed by atoms with E-state index in [1.807, 2.05) is 0 Å². The summed E-state index contributed by atoms with van der Waals surface area (Å²) in [7, 11) is 0. The van der Waals surface area contributed by atoms with Crippen molar-refractivity contribution < 1.29 is 16.3 Å². The van der Waals surface area contributed by atoms with E-state index in [-0.39, 0.29) is 0 Å². The van der Waals surface area contributed by atoms with Gasteiger partial charge in [0.2, 0.25) is 0 Å². The van der Waals surface area contributed by atoms with E-state index in [1.165, 1.54) is 22.5 Å². The minimum atomic E-state index is 0.621. The van der Waals surface area contributed by atoms with Crippen LogP contribution < -0.4 is 0 Å². The molecule has 0 amide bonds. The maximum absolute atomic E-state index is 5.53. The average Bonchev–Trinajstić information content (AvgIpc) is 1.91. The Hall–Kier alpha value is 1.02. The number of halogens is 3. The zero-order valence-electron chi connectivity index (χ0n) is 4.94. The van der Waals surface area contributed by atoms with Crippen LogP contribution in [0.2, 0.25) is 5.02 Å². The van der Waals surface area contributed by atoms with Crippen LogP contribution in [0.15, 0.2) is 16.7 Å². The number of pyridine rings is 1. The van der Waals surface area contributed by atoms with Gasteiger partial charge >= 0.3 is 30.0 Å². The van der Waals surface area contributed by atoms with Crippen molar-refractivity contribution in [2.75, 3.05) is 0 Å². The first-order valence-electron chi connectivity index (χ1n) is 2.24. The molecule has 0 aliphatic carbocycles. The molecule has 0 unspecified atom stereocenters. The molecule has 1 heterocycles. The Morgan fingerprint density at radius 1 is 1.60 bits per heavy atom. The number of rotatable bonds is 0. The van der Waals surface area contributed by atoms with Crippen molar-refractivity contribution in [2.45, 2.75) is 0 Å². The third kappa shape index (κ3) is 4.78. The van der Waals surface area contributed by atoms with Gasteiger partial charge in [0, 0.05) is 0 Å². The molecule has 10 heavy (non-hydrogen) atoms. The fraction of sp³-hybridized carbons (Fsp3) is 0. The van der Waals surface area contributed by atoms with E-state index in [1.54, 1.807) is 6.07 Å². The first-order chi connectivity index (χ1) is 4.79. The van der Waals surface area contributed by atoms with Gasteiger partial charge in [-0.25, -0.2) is 0 Å². The Bertz CT molecular complexity index is 180. The molecule has 0 bridgehead atoms. The molecule has 1 aromatic rings. The third-order valence-corrected chi connectivity index (χ3v) is 1.24. The van der Waals surface area contributed by atoms with Gasteiger partial charge in [-0.1, -0.05) is 32.8 Å². The van der Waals surface area contributed by atoms with Crippen LogP contribution in [0.25, 0.3) is 0 Å². The molecule has 0 saturated heterocycles. The maximum atomic E-state index is 5.53. The zero-order valence-corrected chi connectivity index (χ0v) is 11.8. The number of hydrogen-bond donors (Lipinski definition) is 0. The van der Waals surface area contributed by atoms with Gasteiger partial charge in [-0.15, -0.1) is 17.7 Å². The normalized spacial score (nSPS) is 8.10. The zero-order chi connectivity index (χ0) is 7.98. The molecule has 5 heteroatoms. The van der Waals surface area contributed by atoms with E-state index in [4.69, 9.17) is 11.6 Å². The summed E-state index contributed by atoms with van der Waals surface area (Å²) in [5, 5.41) is 0.621. The molecule has 0 atom stereocenters. The Kier molecular flexibility index (Phi) is 7.40. The van der Waals surface area contributed by atoms with E-state index in [9.17, 15) is 0 Å². The predicted molar refractivity (Wildman–Crippen MR) is 44.7 cm³/mol. The summed E-state index contributed by atoms with van der Waals surface area (Å²) in [5.41, 5.74) is 0. The standard InChI is InChI=1S/C5H2BrClN.BrH.Zn/c6-4-1-5(7)3-8-2-4;;/h1,3H;1H;/q-1;;+2/p-1. The first-order valence-corrected chi connectivity index (χ1v) is 10.4. The second-order valence-electron chi connectivity index (χ2n) is 1.25. The Morgan fingerprint density at radius 3 is 2.50 bits per heavy atom. The van der Waals surface area contributed by atoms with Crippen molar-refractivity contribution in [3.63, 3.8) is 0 Å². The van der Waals surface area contributed by atoms with E-state index in [2.05, 4.69) is 40.7 Å². The summed E-state index contributed by atoms with van der Waals surface area (Å²) in [6, 6.07) is 1.73. The van der Waals surface area contributed by atoms with Gasteiger partial charge in [0.1, 0.15) is 0 Å². The molecule has 1 nitrogen and oxygen atoms in total. The topological polar surface area (TPSA) is 12.9 Å². The van der Waals surface area contributed by atoms with Gasteiger partial charge in [0.25, 0.3) is 0 Å². The van der Waals surface area contributed by atoms with Crippen LogP contribution in [0, 0.1) is 6.20 Å². The average molecular weight is 337 g/mol. The van der Waals surface area contributed by atoms with Crippen molar-refractivity contribution in [3.8, 4) is 0 Å². The Labute approximate surface area is 89.7 Å². The van der Waals surface area contributed by atoms with Crippen molar-refractivity contribution in [1.29, 1.82) is 0 Å². The SMILES string of the molecule is Clc1cn[c-]c(Br)c1.[Zn+][Br]. The van der Waals surface area contributed by atoms with Crippen LogP contribution in [-0.2, 0) is 16.3 Å². The molecule has 0 radical (unpaired) electrons. The van der Waals surface area contributed by atoms with Crippen molar-refractivity contribution in [3.05, 3.63) is 28.0 Å². The fourth-order valence-corrected chi connectivity index (χ4v) is 0.985. The molecule has 0 N–H and O–H groups in total. The van der Waals surface area contributed by atoms with Gasteiger partial charge in [0.15, 0.2) is 0 Å². The summed E-state index contributed by atoms with van der Waals surface area (Å²) in [6.45, 7) is 0. The van der Waals surface area contributed by atoms with Gasteiger partial charge in [-0.05, 0) is 5.02 Å². The van der Waals surface area contributed by atoms with E-state index in [0.717, 1.165) is 4.47 Å². The molecule has 0 aromatic carbocycles. The minimum absolute atomic E-state index is 0.621. The van der Waals surface area contributed by atoms with Crippen LogP contribution >= 0.6 is 41.2 Å². The summed E-state index contributed by atoms with van der Waals surface area (Å²) >= 11 is 12.9. The second-order valence-corrected chi connectivity index (χ2v) is 2.54. The molecule has 0 spiro atoms. The van der Waals surface area contributed by atoms with Gasteiger partial charge in [0.05, 0.1) is 0 Å². The molecule has 0 saturated carbocycles. The summed E-state index contributed by atoms with van der Waals surface area (Å²) in [5.74, 6) is 0. The quantitative estimate of drug-likeness (QED) is 0.524. The number of hydrogen-bond acceptors (Lipinski definition) is 1. The second kappa shape index (κ2) is 6.72. The Balaban J connectivity index is 0.000000371. The molecule has 1 aromatic heterocycles. The summed E-state index contributed by atoms with van der Waals surface area (Å²) in [4.78, 5) is 3.68. The fourth-order valence-electron chi connectivity index (χ4n) is 0.346.